The van der Waals surface area contributed by atoms with E-state index in [-0.39, 0.29) is 16.9 Å². The van der Waals surface area contributed by atoms with Crippen molar-refractivity contribution in [1.29, 1.82) is 0 Å². The molecule has 0 aromatic carbocycles. The molecule has 0 heterocycles. The number of oxime groups is 1. The number of carbonyl (C=O) groups is 2. The van der Waals surface area contributed by atoms with Gasteiger partial charge in [-0.25, -0.2) is 4.79 Å². The van der Waals surface area contributed by atoms with Gasteiger partial charge in [0.05, 0.1) is 5.71 Å². The number of likely N-dealkylation sites (N-methyl/N-ethyl adjacent to an activating group) is 1. The van der Waals surface area contributed by atoms with Crippen LogP contribution >= 0.6 is 0 Å². The molecule has 39 heavy (non-hydrogen) atoms. The lowest BCUT2D eigenvalue weighted by molar-refractivity contribution is -0.117. The molecule has 1 N–H and O–H groups in total. The summed E-state index contributed by atoms with van der Waals surface area (Å²) in [7, 11) is 4.04. The average Bonchev–Trinajstić information content (AvgIpc) is 3.24. The summed E-state index contributed by atoms with van der Waals surface area (Å²) in [5.74, 6) is 3.36. The Morgan fingerprint density at radius 1 is 1.08 bits per heavy atom. The van der Waals surface area contributed by atoms with Gasteiger partial charge in [-0.05, 0) is 113 Å². The average molecular weight is 543 g/mol. The zero-order valence-electron chi connectivity index (χ0n) is 25.7. The van der Waals surface area contributed by atoms with Crippen molar-refractivity contribution in [3.63, 3.8) is 0 Å². The number of ketones is 1. The molecule has 0 aromatic rings. The van der Waals surface area contributed by atoms with E-state index in [1.54, 1.807) is 4.90 Å². The van der Waals surface area contributed by atoms with Crippen LogP contribution in [0.3, 0.4) is 0 Å². The highest BCUT2D eigenvalue weighted by Gasteiger charge is 2.59. The molecule has 1 amide bonds. The predicted octanol–water partition coefficient (Wildman–Crippen LogP) is 5.76. The zero-order valence-corrected chi connectivity index (χ0v) is 25.7. The normalized spacial score (nSPS) is 34.4. The van der Waals surface area contributed by atoms with Crippen molar-refractivity contribution < 1.29 is 14.4 Å². The largest absolute Gasteiger partial charge is 0.436 e. The first-order valence-corrected chi connectivity index (χ1v) is 15.6. The monoisotopic (exact) mass is 542 g/mol. The topological polar surface area (TPSA) is 74.2 Å². The minimum atomic E-state index is -0.350. The maximum Gasteiger partial charge on any atom is 0.436 e. The molecule has 4 aliphatic rings. The fourth-order valence-corrected chi connectivity index (χ4v) is 8.70. The molecular weight excluding hydrogens is 488 g/mol. The van der Waals surface area contributed by atoms with E-state index in [4.69, 9.17) is 4.84 Å². The molecule has 7 heteroatoms. The Morgan fingerprint density at radius 2 is 1.85 bits per heavy atom. The van der Waals surface area contributed by atoms with E-state index in [9.17, 15) is 9.59 Å². The van der Waals surface area contributed by atoms with Gasteiger partial charge in [-0.3, -0.25) is 9.63 Å². The summed E-state index contributed by atoms with van der Waals surface area (Å²) in [6.45, 7) is 15.1. The Labute approximate surface area is 237 Å². The van der Waals surface area contributed by atoms with Gasteiger partial charge in [-0.15, -0.1) is 0 Å². The lowest BCUT2D eigenvalue weighted by atomic mass is 9.46. The predicted molar refractivity (Wildman–Crippen MR) is 158 cm³/mol. The third-order valence-electron chi connectivity index (χ3n) is 10.9. The first-order chi connectivity index (χ1) is 18.5. The molecule has 0 aliphatic heterocycles. The van der Waals surface area contributed by atoms with Crippen LogP contribution in [-0.4, -0.2) is 74.2 Å². The Bertz CT molecular complexity index is 959. The summed E-state index contributed by atoms with van der Waals surface area (Å²) in [6, 6.07) is 0. The highest BCUT2D eigenvalue weighted by Crippen LogP contribution is 2.66. The lowest BCUT2D eigenvalue weighted by Gasteiger charge is -2.58. The first kappa shape index (κ1) is 30.2. The third-order valence-corrected chi connectivity index (χ3v) is 10.9. The van der Waals surface area contributed by atoms with E-state index < -0.39 is 0 Å². The van der Waals surface area contributed by atoms with Crippen LogP contribution in [-0.2, 0) is 9.63 Å². The van der Waals surface area contributed by atoms with Crippen LogP contribution in [0.5, 0.6) is 0 Å². The van der Waals surface area contributed by atoms with Crippen molar-refractivity contribution in [2.75, 3.05) is 46.8 Å². The number of rotatable bonds is 10. The quantitative estimate of drug-likeness (QED) is 0.165. The number of nitrogens with zero attached hydrogens (tertiary/aromatic N) is 3. The zero-order chi connectivity index (χ0) is 28.4. The summed E-state index contributed by atoms with van der Waals surface area (Å²) in [5.41, 5.74) is 2.81. The van der Waals surface area contributed by atoms with Gasteiger partial charge in [0, 0.05) is 38.5 Å². The van der Waals surface area contributed by atoms with E-state index >= 15 is 0 Å². The van der Waals surface area contributed by atoms with Crippen molar-refractivity contribution in [1.82, 2.24) is 15.1 Å². The summed E-state index contributed by atoms with van der Waals surface area (Å²) in [4.78, 5) is 34.7. The van der Waals surface area contributed by atoms with Crippen molar-refractivity contribution in [2.24, 2.45) is 45.6 Å². The van der Waals surface area contributed by atoms with Gasteiger partial charge < -0.3 is 15.1 Å². The van der Waals surface area contributed by atoms with Gasteiger partial charge in [0.1, 0.15) is 0 Å². The molecule has 6 atom stereocenters. The number of hydrogen-bond acceptors (Lipinski definition) is 6. The van der Waals surface area contributed by atoms with Crippen LogP contribution in [0, 0.1) is 40.4 Å². The summed E-state index contributed by atoms with van der Waals surface area (Å²) in [5, 5.41) is 7.91. The van der Waals surface area contributed by atoms with Gasteiger partial charge in [0.15, 0.2) is 5.78 Å². The number of fused-ring (bicyclic) bond motifs is 5. The highest BCUT2D eigenvalue weighted by molar-refractivity contribution is 5.91. The number of allylic oxidation sites excluding steroid dienone is 1. The maximum absolute atomic E-state index is 13.1. The molecule has 4 rings (SSSR count). The molecule has 3 fully saturated rings. The molecule has 0 bridgehead atoms. The SMILES string of the molecule is C/C(=N\OC(=O)N(CCNCC(C)C)CCN(C)C)[C@H]1CC[C@H]2[C@@H]3CCC4=CC(=O)CC[C@]4(C)[C@H]3CC[C@]12C. The molecule has 220 valence electrons. The Hall–Kier alpha value is -1.73. The molecule has 7 nitrogen and oxygen atoms in total. The van der Waals surface area contributed by atoms with Gasteiger partial charge in [0.25, 0.3) is 0 Å². The molecule has 0 unspecified atom stereocenters. The standard InChI is InChI=1S/C32H54N4O3/c1-22(2)21-33-16-17-36(19-18-35(6)7)30(38)39-34-23(3)27-10-11-28-26-9-8-24-20-25(37)12-14-31(24,4)29(26)13-15-32(27,28)5/h20,22,26-29,33H,8-19,21H2,1-7H3/b34-23+/t26-,27+,28-,29-,31-,32+/m0/s1. The molecule has 0 aromatic heterocycles. The van der Waals surface area contributed by atoms with Gasteiger partial charge in [0.2, 0.25) is 0 Å². The third kappa shape index (κ3) is 6.45. The van der Waals surface area contributed by atoms with Gasteiger partial charge in [-0.1, -0.05) is 38.4 Å². The van der Waals surface area contributed by atoms with E-state index in [2.05, 4.69) is 50.0 Å². The van der Waals surface area contributed by atoms with Crippen LogP contribution < -0.4 is 5.32 Å². The number of hydrogen-bond donors (Lipinski definition) is 1. The van der Waals surface area contributed by atoms with Gasteiger partial charge in [-0.2, -0.15) is 0 Å². The van der Waals surface area contributed by atoms with Crippen LogP contribution in [0.1, 0.15) is 86.0 Å². The second-order valence-corrected chi connectivity index (χ2v) is 14.1. The van der Waals surface area contributed by atoms with Crippen molar-refractivity contribution in [3.8, 4) is 0 Å². The summed E-state index contributed by atoms with van der Waals surface area (Å²) in [6.07, 6.45) is 10.5. The van der Waals surface area contributed by atoms with E-state index in [0.717, 1.165) is 50.5 Å². The molecule has 0 spiro atoms. The second kappa shape index (κ2) is 12.4. The Morgan fingerprint density at radius 3 is 2.56 bits per heavy atom. The summed E-state index contributed by atoms with van der Waals surface area (Å²) >= 11 is 0. The second-order valence-electron chi connectivity index (χ2n) is 14.1. The molecule has 4 aliphatic carbocycles. The van der Waals surface area contributed by atoms with E-state index in [1.165, 1.54) is 31.3 Å². The number of carbonyl (C=O) groups excluding carboxylic acids is 2. The number of nitrogens with one attached hydrogen (secondary N) is 1. The van der Waals surface area contributed by atoms with Crippen LogP contribution in [0.15, 0.2) is 16.8 Å². The number of amides is 1. The molecule has 3 saturated carbocycles. The lowest BCUT2D eigenvalue weighted by Crippen LogP contribution is -2.51. The Kier molecular flexibility index (Phi) is 9.63. The van der Waals surface area contributed by atoms with Crippen molar-refractivity contribution in [3.05, 3.63) is 11.6 Å². The highest BCUT2D eigenvalue weighted by atomic mass is 16.7. The maximum atomic E-state index is 13.1. The molecule has 0 saturated heterocycles. The van der Waals surface area contributed by atoms with Crippen LogP contribution in [0.25, 0.3) is 0 Å². The fourth-order valence-electron chi connectivity index (χ4n) is 8.70. The van der Waals surface area contributed by atoms with Crippen molar-refractivity contribution in [2.45, 2.75) is 86.0 Å². The first-order valence-electron chi connectivity index (χ1n) is 15.6. The van der Waals surface area contributed by atoms with Crippen LogP contribution in [0.4, 0.5) is 4.79 Å². The van der Waals surface area contributed by atoms with E-state index in [0.29, 0.717) is 49.0 Å². The van der Waals surface area contributed by atoms with Crippen molar-refractivity contribution >= 4 is 17.6 Å². The minimum absolute atomic E-state index is 0.203. The van der Waals surface area contributed by atoms with Gasteiger partial charge >= 0.3 is 6.09 Å². The van der Waals surface area contributed by atoms with E-state index in [1.807, 2.05) is 20.2 Å². The smallest absolute Gasteiger partial charge is 0.315 e. The fraction of sp³-hybridized carbons (Fsp3) is 0.844. The van der Waals surface area contributed by atoms with Crippen LogP contribution in [0.2, 0.25) is 0 Å². The Balaban J connectivity index is 1.40. The molecule has 0 radical (unpaired) electrons. The molecular formula is C32H54N4O3. The summed E-state index contributed by atoms with van der Waals surface area (Å²) < 4.78 is 0. The minimum Gasteiger partial charge on any atom is -0.315 e.